The van der Waals surface area contributed by atoms with Crippen molar-refractivity contribution in [1.29, 1.82) is 0 Å². The van der Waals surface area contributed by atoms with Crippen molar-refractivity contribution in [2.75, 3.05) is 11.5 Å². The number of hydrogen-bond donors (Lipinski definition) is 1. The molecule has 1 fully saturated rings. The average molecular weight is 411 g/mol. The Labute approximate surface area is 166 Å². The lowest BCUT2D eigenvalue weighted by Gasteiger charge is -2.30. The molecule has 0 spiro atoms. The molecular weight excluding hydrogens is 394 g/mol. The molecule has 148 valence electrons. The highest BCUT2D eigenvalue weighted by molar-refractivity contribution is 7.91. The molecule has 2 aliphatic rings. The van der Waals surface area contributed by atoms with Crippen LogP contribution in [-0.2, 0) is 9.84 Å². The summed E-state index contributed by atoms with van der Waals surface area (Å²) in [5.74, 6) is -0.735. The van der Waals surface area contributed by atoms with Crippen molar-refractivity contribution in [1.82, 2.24) is 4.90 Å². The first kappa shape index (κ1) is 17.9. The Morgan fingerprint density at radius 2 is 1.86 bits per heavy atom. The van der Waals surface area contributed by atoms with E-state index in [2.05, 4.69) is 0 Å². The van der Waals surface area contributed by atoms with E-state index in [1.54, 1.807) is 36.4 Å². The fourth-order valence-corrected chi connectivity index (χ4v) is 6.04. The zero-order chi connectivity index (χ0) is 20.3. The molecule has 1 saturated heterocycles. The summed E-state index contributed by atoms with van der Waals surface area (Å²) in [6, 6.07) is 11.6. The van der Waals surface area contributed by atoms with Crippen LogP contribution in [0.15, 0.2) is 57.7 Å². The van der Waals surface area contributed by atoms with E-state index in [9.17, 15) is 23.1 Å². The van der Waals surface area contributed by atoms with Crippen molar-refractivity contribution >= 4 is 26.7 Å². The number of nitrogens with zero attached hydrogens (tertiary/aromatic N) is 1. The van der Waals surface area contributed by atoms with Crippen LogP contribution in [0.1, 0.15) is 34.1 Å². The number of rotatable bonds is 2. The number of sulfone groups is 1. The van der Waals surface area contributed by atoms with Crippen LogP contribution in [0.4, 0.5) is 0 Å². The maximum Gasteiger partial charge on any atom is 0.291 e. The number of hydrogen-bond acceptors (Lipinski definition) is 6. The normalized spacial score (nSPS) is 22.9. The Morgan fingerprint density at radius 1 is 1.07 bits per heavy atom. The van der Waals surface area contributed by atoms with Crippen LogP contribution in [0.25, 0.3) is 11.0 Å². The van der Waals surface area contributed by atoms with Crippen molar-refractivity contribution in [2.24, 2.45) is 0 Å². The van der Waals surface area contributed by atoms with E-state index < -0.39 is 27.8 Å². The monoisotopic (exact) mass is 411 g/mol. The Balaban J connectivity index is 1.77. The SMILES string of the molecule is O=C1c2oc3ccccc3c(=O)c2[C@@H](c2cccc(O)c2)N1[C@@H]1CCS(=O)(=O)C1. The molecule has 2 aliphatic heterocycles. The van der Waals surface area contributed by atoms with Crippen molar-refractivity contribution in [3.05, 3.63) is 75.6 Å². The molecule has 3 heterocycles. The molecule has 8 heteroatoms. The zero-order valence-electron chi connectivity index (χ0n) is 15.2. The van der Waals surface area contributed by atoms with Crippen LogP contribution in [-0.4, -0.2) is 41.9 Å². The highest BCUT2D eigenvalue weighted by Crippen LogP contribution is 2.41. The van der Waals surface area contributed by atoms with Gasteiger partial charge in [0.15, 0.2) is 15.3 Å². The summed E-state index contributed by atoms with van der Waals surface area (Å²) in [5.41, 5.74) is 0.694. The Bertz CT molecular complexity index is 1330. The van der Waals surface area contributed by atoms with E-state index in [1.807, 2.05) is 0 Å². The minimum Gasteiger partial charge on any atom is -0.508 e. The second-order valence-corrected chi connectivity index (χ2v) is 9.67. The standard InChI is InChI=1S/C21H17NO6S/c23-14-5-3-4-12(10-14)18-17-19(24)15-6-1-2-7-16(15)28-20(17)21(25)22(18)13-8-9-29(26,27)11-13/h1-7,10,13,18,23H,8-9,11H2/t13-,18-/m1/s1. The highest BCUT2D eigenvalue weighted by atomic mass is 32.2. The summed E-state index contributed by atoms with van der Waals surface area (Å²) in [7, 11) is -3.26. The van der Waals surface area contributed by atoms with Crippen LogP contribution < -0.4 is 5.43 Å². The van der Waals surface area contributed by atoms with Crippen molar-refractivity contribution in [3.8, 4) is 5.75 Å². The fourth-order valence-electron chi connectivity index (χ4n) is 4.33. The number of amides is 1. The predicted octanol–water partition coefficient (Wildman–Crippen LogP) is 2.23. The molecule has 0 aliphatic carbocycles. The second kappa shape index (κ2) is 6.18. The number of fused-ring (bicyclic) bond motifs is 2. The van der Waals surface area contributed by atoms with Gasteiger partial charge in [0.05, 0.1) is 28.5 Å². The molecule has 0 unspecified atom stereocenters. The molecule has 1 N–H and O–H groups in total. The molecule has 2 aromatic carbocycles. The minimum absolute atomic E-state index is 0.00605. The van der Waals surface area contributed by atoms with Crippen LogP contribution in [0, 0.1) is 0 Å². The molecule has 0 bridgehead atoms. The quantitative estimate of drug-likeness (QED) is 0.693. The molecule has 5 rings (SSSR count). The first-order valence-electron chi connectivity index (χ1n) is 9.23. The van der Waals surface area contributed by atoms with Gasteiger partial charge in [-0.1, -0.05) is 24.3 Å². The first-order valence-corrected chi connectivity index (χ1v) is 11.1. The molecule has 2 atom stereocenters. The van der Waals surface area contributed by atoms with Gasteiger partial charge in [-0.15, -0.1) is 0 Å². The van der Waals surface area contributed by atoms with Gasteiger partial charge in [0.1, 0.15) is 11.3 Å². The van der Waals surface area contributed by atoms with E-state index in [0.29, 0.717) is 23.0 Å². The molecule has 1 amide bonds. The predicted molar refractivity (Wildman–Crippen MR) is 106 cm³/mol. The lowest BCUT2D eigenvalue weighted by atomic mass is 9.97. The van der Waals surface area contributed by atoms with Crippen molar-refractivity contribution in [2.45, 2.75) is 18.5 Å². The Hall–Kier alpha value is -3.13. The molecule has 0 radical (unpaired) electrons. The van der Waals surface area contributed by atoms with Gasteiger partial charge < -0.3 is 14.4 Å². The van der Waals surface area contributed by atoms with Gasteiger partial charge in [-0.3, -0.25) is 9.59 Å². The number of benzene rings is 2. The average Bonchev–Trinajstić information content (AvgIpc) is 3.19. The third kappa shape index (κ3) is 2.74. The number of aromatic hydroxyl groups is 1. The summed E-state index contributed by atoms with van der Waals surface area (Å²) < 4.78 is 30.0. The van der Waals surface area contributed by atoms with Gasteiger partial charge in [0.25, 0.3) is 5.91 Å². The summed E-state index contributed by atoms with van der Waals surface area (Å²) in [6.45, 7) is 0. The van der Waals surface area contributed by atoms with Crippen LogP contribution in [0.5, 0.6) is 5.75 Å². The zero-order valence-corrected chi connectivity index (χ0v) is 16.1. The summed E-state index contributed by atoms with van der Waals surface area (Å²) in [5, 5.41) is 10.3. The third-order valence-corrected chi connectivity index (χ3v) is 7.35. The highest BCUT2D eigenvalue weighted by Gasteiger charge is 2.48. The number of phenols is 1. The lowest BCUT2D eigenvalue weighted by Crippen LogP contribution is -2.40. The number of carbonyl (C=O) groups excluding carboxylic acids is 1. The maximum absolute atomic E-state index is 13.3. The smallest absolute Gasteiger partial charge is 0.291 e. The third-order valence-electron chi connectivity index (χ3n) is 5.60. The van der Waals surface area contributed by atoms with E-state index in [-0.39, 0.29) is 34.0 Å². The van der Waals surface area contributed by atoms with E-state index >= 15 is 0 Å². The first-order chi connectivity index (χ1) is 13.9. The van der Waals surface area contributed by atoms with Gasteiger partial charge in [-0.25, -0.2) is 8.42 Å². The number of carbonyl (C=O) groups is 1. The van der Waals surface area contributed by atoms with E-state index in [0.717, 1.165) is 0 Å². The summed E-state index contributed by atoms with van der Waals surface area (Å²) in [4.78, 5) is 28.0. The summed E-state index contributed by atoms with van der Waals surface area (Å²) in [6.07, 6.45) is 0.297. The van der Waals surface area contributed by atoms with Gasteiger partial charge >= 0.3 is 0 Å². The number of para-hydroxylation sites is 1. The summed E-state index contributed by atoms with van der Waals surface area (Å²) >= 11 is 0. The minimum atomic E-state index is -3.26. The Morgan fingerprint density at radius 3 is 2.59 bits per heavy atom. The molecule has 0 saturated carbocycles. The Kier molecular flexibility index (Phi) is 3.82. The van der Waals surface area contributed by atoms with Crippen molar-refractivity contribution in [3.63, 3.8) is 0 Å². The molecular formula is C21H17NO6S. The lowest BCUT2D eigenvalue weighted by molar-refractivity contribution is 0.0662. The van der Waals surface area contributed by atoms with E-state index in [1.165, 1.54) is 17.0 Å². The molecule has 29 heavy (non-hydrogen) atoms. The van der Waals surface area contributed by atoms with Gasteiger partial charge in [0.2, 0.25) is 5.76 Å². The molecule has 3 aromatic rings. The van der Waals surface area contributed by atoms with Crippen LogP contribution in [0.2, 0.25) is 0 Å². The van der Waals surface area contributed by atoms with Gasteiger partial charge in [-0.05, 0) is 36.2 Å². The number of phenolic OH excluding ortho intramolecular Hbond substituents is 1. The molecule has 7 nitrogen and oxygen atoms in total. The fraction of sp³-hybridized carbons (Fsp3) is 0.238. The van der Waals surface area contributed by atoms with Crippen LogP contribution in [0.3, 0.4) is 0 Å². The van der Waals surface area contributed by atoms with Crippen molar-refractivity contribution < 1.29 is 22.7 Å². The largest absolute Gasteiger partial charge is 0.508 e. The second-order valence-electron chi connectivity index (χ2n) is 7.44. The van der Waals surface area contributed by atoms with Gasteiger partial charge in [0, 0.05) is 6.04 Å². The van der Waals surface area contributed by atoms with E-state index in [4.69, 9.17) is 4.42 Å². The van der Waals surface area contributed by atoms with Gasteiger partial charge in [-0.2, -0.15) is 0 Å². The topological polar surface area (TPSA) is 105 Å². The maximum atomic E-state index is 13.3. The van der Waals surface area contributed by atoms with Crippen LogP contribution >= 0.6 is 0 Å². The molecule has 1 aromatic heterocycles.